The average molecular weight is 212 g/mol. The van der Waals surface area contributed by atoms with Crippen LogP contribution in [0.15, 0.2) is 24.9 Å². The molecule has 3 heteroatoms. The molecule has 1 heterocycles. The van der Waals surface area contributed by atoms with Gasteiger partial charge in [0.1, 0.15) is 11.5 Å². The number of halogens is 1. The van der Waals surface area contributed by atoms with Crippen molar-refractivity contribution in [2.45, 2.75) is 19.8 Å². The largest absolute Gasteiger partial charge is 0.492 e. The van der Waals surface area contributed by atoms with Crippen LogP contribution < -0.4 is 0 Å². The van der Waals surface area contributed by atoms with E-state index in [0.29, 0.717) is 17.4 Å². The van der Waals surface area contributed by atoms with Crippen molar-refractivity contribution in [3.8, 4) is 0 Å². The second kappa shape index (κ2) is 5.66. The van der Waals surface area contributed by atoms with Gasteiger partial charge in [0.2, 0.25) is 0 Å². The fourth-order valence-electron chi connectivity index (χ4n) is 0.954. The quantitative estimate of drug-likeness (QED) is 0.549. The minimum absolute atomic E-state index is 0.607. The van der Waals surface area contributed by atoms with Gasteiger partial charge >= 0.3 is 0 Å². The summed E-state index contributed by atoms with van der Waals surface area (Å²) in [5.41, 5.74) is 0.741. The van der Waals surface area contributed by atoms with Crippen LogP contribution in [0, 0.1) is 0 Å². The van der Waals surface area contributed by atoms with Gasteiger partial charge < -0.3 is 4.74 Å². The molecule has 0 saturated carbocycles. The molecular formula is C11H14ClNO. The third-order valence-corrected chi connectivity index (χ3v) is 2.01. The molecule has 1 aromatic heterocycles. The lowest BCUT2D eigenvalue weighted by molar-refractivity contribution is 0.270. The standard InChI is InChI=1S/C11H14ClNO/c1-3-4-7-14-9(2)11-6-5-10(12)8-13-11/h5-6,8H,2-4,7H2,1H3. The van der Waals surface area contributed by atoms with E-state index in [1.807, 2.05) is 0 Å². The first-order chi connectivity index (χ1) is 6.74. The van der Waals surface area contributed by atoms with Crippen LogP contribution in [-0.2, 0) is 4.74 Å². The van der Waals surface area contributed by atoms with Gasteiger partial charge in [0.05, 0.1) is 11.6 Å². The van der Waals surface area contributed by atoms with Gasteiger partial charge in [-0.25, -0.2) is 0 Å². The van der Waals surface area contributed by atoms with Crippen molar-refractivity contribution in [3.05, 3.63) is 35.6 Å². The van der Waals surface area contributed by atoms with E-state index in [2.05, 4.69) is 18.5 Å². The Bertz CT molecular complexity index is 295. The maximum atomic E-state index is 5.71. The molecule has 0 amide bonds. The molecule has 0 spiro atoms. The maximum Gasteiger partial charge on any atom is 0.137 e. The molecule has 0 N–H and O–H groups in total. The van der Waals surface area contributed by atoms with Gasteiger partial charge in [0.15, 0.2) is 0 Å². The van der Waals surface area contributed by atoms with E-state index >= 15 is 0 Å². The summed E-state index contributed by atoms with van der Waals surface area (Å²) in [6.07, 6.45) is 3.74. The lowest BCUT2D eigenvalue weighted by Gasteiger charge is -2.07. The van der Waals surface area contributed by atoms with E-state index in [1.165, 1.54) is 0 Å². The first-order valence-electron chi connectivity index (χ1n) is 4.67. The minimum atomic E-state index is 0.607. The number of hydrogen-bond acceptors (Lipinski definition) is 2. The highest BCUT2D eigenvalue weighted by molar-refractivity contribution is 6.30. The van der Waals surface area contributed by atoms with E-state index < -0.39 is 0 Å². The molecule has 0 aliphatic rings. The van der Waals surface area contributed by atoms with Crippen molar-refractivity contribution in [2.75, 3.05) is 6.61 Å². The number of unbranched alkanes of at least 4 members (excludes halogenated alkanes) is 1. The Labute approximate surface area is 89.6 Å². The molecule has 1 aromatic rings. The van der Waals surface area contributed by atoms with Crippen molar-refractivity contribution in [1.29, 1.82) is 0 Å². The third-order valence-electron chi connectivity index (χ3n) is 1.79. The van der Waals surface area contributed by atoms with Gasteiger partial charge in [0, 0.05) is 6.20 Å². The summed E-state index contributed by atoms with van der Waals surface area (Å²) in [6, 6.07) is 3.58. The molecule has 0 fully saturated rings. The van der Waals surface area contributed by atoms with Crippen LogP contribution in [0.25, 0.3) is 5.76 Å². The van der Waals surface area contributed by atoms with Crippen LogP contribution in [0.5, 0.6) is 0 Å². The highest BCUT2D eigenvalue weighted by Crippen LogP contribution is 2.14. The van der Waals surface area contributed by atoms with Gasteiger partial charge in [-0.2, -0.15) is 0 Å². The smallest absolute Gasteiger partial charge is 0.137 e. The first-order valence-corrected chi connectivity index (χ1v) is 5.05. The number of pyridine rings is 1. The van der Waals surface area contributed by atoms with E-state index in [-0.39, 0.29) is 0 Å². The summed E-state index contributed by atoms with van der Waals surface area (Å²) in [5.74, 6) is 0.607. The zero-order valence-corrected chi connectivity index (χ0v) is 9.05. The van der Waals surface area contributed by atoms with Gasteiger partial charge in [-0.1, -0.05) is 31.5 Å². The summed E-state index contributed by atoms with van der Waals surface area (Å²) >= 11 is 5.71. The van der Waals surface area contributed by atoms with E-state index in [9.17, 15) is 0 Å². The van der Waals surface area contributed by atoms with Gasteiger partial charge in [-0.15, -0.1) is 0 Å². The van der Waals surface area contributed by atoms with E-state index in [4.69, 9.17) is 16.3 Å². The Kier molecular flexibility index (Phi) is 4.47. The molecule has 0 unspecified atom stereocenters. The molecule has 0 bridgehead atoms. The Morgan fingerprint density at radius 3 is 2.93 bits per heavy atom. The summed E-state index contributed by atoms with van der Waals surface area (Å²) in [5, 5.41) is 0.620. The highest BCUT2D eigenvalue weighted by Gasteiger charge is 2.00. The van der Waals surface area contributed by atoms with E-state index in [1.54, 1.807) is 18.3 Å². The van der Waals surface area contributed by atoms with Crippen molar-refractivity contribution in [3.63, 3.8) is 0 Å². The number of rotatable bonds is 5. The van der Waals surface area contributed by atoms with Crippen molar-refractivity contribution in [2.24, 2.45) is 0 Å². The van der Waals surface area contributed by atoms with E-state index in [0.717, 1.165) is 18.5 Å². The normalized spacial score (nSPS) is 9.86. The van der Waals surface area contributed by atoms with Crippen molar-refractivity contribution >= 4 is 17.4 Å². The molecule has 14 heavy (non-hydrogen) atoms. The second-order valence-electron chi connectivity index (χ2n) is 2.99. The molecule has 76 valence electrons. The van der Waals surface area contributed by atoms with Crippen LogP contribution in [0.2, 0.25) is 5.02 Å². The molecule has 0 radical (unpaired) electrons. The molecule has 0 aliphatic heterocycles. The molecule has 0 saturated heterocycles. The maximum absolute atomic E-state index is 5.71. The fraction of sp³-hybridized carbons (Fsp3) is 0.364. The number of ether oxygens (including phenoxy) is 1. The van der Waals surface area contributed by atoms with Crippen molar-refractivity contribution < 1.29 is 4.74 Å². The predicted octanol–water partition coefficient (Wildman–Crippen LogP) is 3.52. The first kappa shape index (κ1) is 11.1. The topological polar surface area (TPSA) is 22.1 Å². The Hall–Kier alpha value is -1.02. The molecule has 2 nitrogen and oxygen atoms in total. The fourth-order valence-corrected chi connectivity index (χ4v) is 1.07. The second-order valence-corrected chi connectivity index (χ2v) is 3.42. The Morgan fingerprint density at radius 1 is 1.57 bits per heavy atom. The van der Waals surface area contributed by atoms with Gasteiger partial charge in [-0.05, 0) is 18.6 Å². The predicted molar refractivity (Wildman–Crippen MR) is 59.1 cm³/mol. The lowest BCUT2D eigenvalue weighted by atomic mass is 10.3. The Morgan fingerprint density at radius 2 is 2.36 bits per heavy atom. The summed E-state index contributed by atoms with van der Waals surface area (Å²) in [6.45, 7) is 6.61. The van der Waals surface area contributed by atoms with Crippen LogP contribution in [0.1, 0.15) is 25.5 Å². The highest BCUT2D eigenvalue weighted by atomic mass is 35.5. The van der Waals surface area contributed by atoms with Crippen LogP contribution in [-0.4, -0.2) is 11.6 Å². The molecule has 0 atom stereocenters. The minimum Gasteiger partial charge on any atom is -0.492 e. The van der Waals surface area contributed by atoms with Gasteiger partial charge in [0.25, 0.3) is 0 Å². The zero-order chi connectivity index (χ0) is 10.4. The Balaban J connectivity index is 2.48. The monoisotopic (exact) mass is 211 g/mol. The summed E-state index contributed by atoms with van der Waals surface area (Å²) in [7, 11) is 0. The third kappa shape index (κ3) is 3.38. The van der Waals surface area contributed by atoms with Crippen LogP contribution >= 0.6 is 11.6 Å². The molecule has 1 rings (SSSR count). The van der Waals surface area contributed by atoms with Crippen molar-refractivity contribution in [1.82, 2.24) is 4.98 Å². The molecule has 0 aliphatic carbocycles. The van der Waals surface area contributed by atoms with Crippen LogP contribution in [0.4, 0.5) is 0 Å². The molecular weight excluding hydrogens is 198 g/mol. The summed E-state index contributed by atoms with van der Waals surface area (Å²) < 4.78 is 5.41. The lowest BCUT2D eigenvalue weighted by Crippen LogP contribution is -1.95. The average Bonchev–Trinajstić information content (AvgIpc) is 2.19. The molecule has 0 aromatic carbocycles. The van der Waals surface area contributed by atoms with Gasteiger partial charge in [-0.3, -0.25) is 4.98 Å². The number of nitrogens with zero attached hydrogens (tertiary/aromatic N) is 1. The summed E-state index contributed by atoms with van der Waals surface area (Å²) in [4.78, 5) is 4.10. The van der Waals surface area contributed by atoms with Crippen LogP contribution in [0.3, 0.4) is 0 Å². The number of hydrogen-bond donors (Lipinski definition) is 0. The number of aromatic nitrogens is 1. The zero-order valence-electron chi connectivity index (χ0n) is 8.29. The SMILES string of the molecule is C=C(OCCCC)c1ccc(Cl)cn1.